The summed E-state index contributed by atoms with van der Waals surface area (Å²) in [5, 5.41) is 19.6. The largest absolute Gasteiger partial charge is 0.495 e. The van der Waals surface area contributed by atoms with Gasteiger partial charge >= 0.3 is 5.97 Å². The summed E-state index contributed by atoms with van der Waals surface area (Å²) in [4.78, 5) is 24.7. The highest BCUT2D eigenvalue weighted by Gasteiger charge is 2.22. The van der Waals surface area contributed by atoms with Crippen LogP contribution in [0.4, 0.5) is 4.39 Å². The topological polar surface area (TPSA) is 88.8 Å². The molecule has 2 aromatic carbocycles. The molecule has 0 spiro atoms. The van der Waals surface area contributed by atoms with Crippen molar-refractivity contribution in [1.29, 1.82) is 0 Å². The van der Waals surface area contributed by atoms with Crippen LogP contribution in [-0.4, -0.2) is 34.5 Å². The Balaban J connectivity index is 2.30. The van der Waals surface area contributed by atoms with E-state index >= 15 is 0 Å². The van der Waals surface area contributed by atoms with Crippen LogP contribution in [-0.2, 0) is 6.42 Å². The van der Waals surface area contributed by atoms with E-state index in [1.54, 1.807) is 28.8 Å². The normalized spacial score (nSPS) is 12.2. The summed E-state index contributed by atoms with van der Waals surface area (Å²) in [6.07, 6.45) is 2.71. The second-order valence-corrected chi connectivity index (χ2v) is 7.70. The number of carboxylic acids is 1. The van der Waals surface area contributed by atoms with Gasteiger partial charge in [-0.15, -0.1) is 0 Å². The van der Waals surface area contributed by atoms with Gasteiger partial charge in [0.15, 0.2) is 0 Å². The van der Waals surface area contributed by atoms with Crippen LogP contribution in [0.5, 0.6) is 5.75 Å². The Bertz CT molecular complexity index is 1190. The number of halogens is 2. The SMILES string of the molecule is CCC[C@@H](CO)n1cc(C(=O)O)c(=O)c2cc(Cc3cccc(Cl)c3F)cc(OC)c21. The van der Waals surface area contributed by atoms with E-state index in [-0.39, 0.29) is 23.4 Å². The van der Waals surface area contributed by atoms with Crippen molar-refractivity contribution in [3.63, 3.8) is 0 Å². The maximum absolute atomic E-state index is 14.4. The number of benzene rings is 2. The monoisotopic (exact) mass is 447 g/mol. The van der Waals surface area contributed by atoms with E-state index < -0.39 is 28.8 Å². The number of fused-ring (bicyclic) bond motifs is 1. The number of aromatic nitrogens is 1. The standard InChI is InChI=1S/C23H23ClFNO5/c1-3-5-15(12-27)26-11-17(23(29)30)22(28)16-9-13(10-19(31-2)21(16)26)8-14-6-4-7-18(24)20(14)25/h4,6-7,9-11,15,27H,3,5,8,12H2,1-2H3,(H,29,30)/t15-/m0/s1. The van der Waals surface area contributed by atoms with Crippen LogP contribution < -0.4 is 10.2 Å². The molecule has 0 aliphatic carbocycles. The molecular formula is C23H23ClFNO5. The number of rotatable bonds is 8. The maximum Gasteiger partial charge on any atom is 0.341 e. The minimum atomic E-state index is -1.36. The lowest BCUT2D eigenvalue weighted by atomic mass is 10.00. The van der Waals surface area contributed by atoms with Crippen molar-refractivity contribution >= 4 is 28.5 Å². The molecule has 0 aliphatic heterocycles. The van der Waals surface area contributed by atoms with Gasteiger partial charge in [0.05, 0.1) is 35.7 Å². The molecule has 0 saturated heterocycles. The van der Waals surface area contributed by atoms with E-state index in [0.29, 0.717) is 28.8 Å². The molecule has 0 radical (unpaired) electrons. The number of pyridine rings is 1. The van der Waals surface area contributed by atoms with Crippen molar-refractivity contribution in [2.45, 2.75) is 32.2 Å². The van der Waals surface area contributed by atoms with Gasteiger partial charge in [-0.3, -0.25) is 4.79 Å². The molecule has 0 unspecified atom stereocenters. The first kappa shape index (κ1) is 22.8. The molecule has 31 heavy (non-hydrogen) atoms. The predicted octanol–water partition coefficient (Wildman–Crippen LogP) is 4.43. The number of ether oxygens (including phenoxy) is 1. The van der Waals surface area contributed by atoms with Crippen LogP contribution in [0.3, 0.4) is 0 Å². The second kappa shape index (κ2) is 9.49. The average Bonchev–Trinajstić information content (AvgIpc) is 2.75. The van der Waals surface area contributed by atoms with Crippen LogP contribution in [0.2, 0.25) is 5.02 Å². The molecule has 0 bridgehead atoms. The Hall–Kier alpha value is -2.90. The Kier molecular flexibility index (Phi) is 6.97. The first-order chi connectivity index (χ1) is 14.8. The van der Waals surface area contributed by atoms with Gasteiger partial charge in [-0.2, -0.15) is 0 Å². The van der Waals surface area contributed by atoms with Gasteiger partial charge in [0.1, 0.15) is 17.1 Å². The zero-order valence-corrected chi connectivity index (χ0v) is 17.9. The van der Waals surface area contributed by atoms with Crippen LogP contribution in [0.15, 0.2) is 41.3 Å². The number of aromatic carboxylic acids is 1. The van der Waals surface area contributed by atoms with Crippen molar-refractivity contribution in [2.24, 2.45) is 0 Å². The molecule has 3 aromatic rings. The molecule has 0 aliphatic rings. The highest BCUT2D eigenvalue weighted by molar-refractivity contribution is 6.30. The summed E-state index contributed by atoms with van der Waals surface area (Å²) in [6.45, 7) is 1.71. The molecule has 6 nitrogen and oxygen atoms in total. The van der Waals surface area contributed by atoms with E-state index in [1.807, 2.05) is 6.92 Å². The van der Waals surface area contributed by atoms with Crippen LogP contribution >= 0.6 is 11.6 Å². The Morgan fingerprint density at radius 3 is 2.68 bits per heavy atom. The molecule has 0 fully saturated rings. The fraction of sp³-hybridized carbons (Fsp3) is 0.304. The second-order valence-electron chi connectivity index (χ2n) is 7.29. The number of carboxylic acid groups (broad SMARTS) is 1. The summed E-state index contributed by atoms with van der Waals surface area (Å²) < 4.78 is 21.5. The number of methoxy groups -OCH3 is 1. The van der Waals surface area contributed by atoms with Crippen molar-refractivity contribution < 1.29 is 24.1 Å². The zero-order valence-electron chi connectivity index (χ0n) is 17.2. The maximum atomic E-state index is 14.4. The summed E-state index contributed by atoms with van der Waals surface area (Å²) in [7, 11) is 1.44. The smallest absolute Gasteiger partial charge is 0.341 e. The van der Waals surface area contributed by atoms with E-state index in [4.69, 9.17) is 16.3 Å². The van der Waals surface area contributed by atoms with Gasteiger partial charge in [-0.25, -0.2) is 9.18 Å². The van der Waals surface area contributed by atoms with Crippen molar-refractivity contribution in [3.8, 4) is 5.75 Å². The van der Waals surface area contributed by atoms with Gasteiger partial charge in [0.2, 0.25) is 5.43 Å². The number of hydrogen-bond acceptors (Lipinski definition) is 4. The van der Waals surface area contributed by atoms with Crippen LogP contribution in [0.1, 0.15) is 47.3 Å². The van der Waals surface area contributed by atoms with E-state index in [9.17, 15) is 24.2 Å². The van der Waals surface area contributed by atoms with E-state index in [2.05, 4.69) is 0 Å². The Labute approximate surface area is 183 Å². The lowest BCUT2D eigenvalue weighted by molar-refractivity contribution is 0.0694. The molecule has 1 heterocycles. The van der Waals surface area contributed by atoms with Crippen molar-refractivity contribution in [3.05, 3.63) is 74.3 Å². The van der Waals surface area contributed by atoms with Crippen LogP contribution in [0.25, 0.3) is 10.9 Å². The van der Waals surface area contributed by atoms with E-state index in [1.165, 1.54) is 19.4 Å². The molecule has 2 N–H and O–H groups in total. The van der Waals surface area contributed by atoms with Gasteiger partial charge < -0.3 is 19.5 Å². The fourth-order valence-corrected chi connectivity index (χ4v) is 3.96. The van der Waals surface area contributed by atoms with Gasteiger partial charge in [0.25, 0.3) is 0 Å². The quantitative estimate of drug-likeness (QED) is 0.533. The first-order valence-corrected chi connectivity index (χ1v) is 10.2. The highest BCUT2D eigenvalue weighted by Crippen LogP contribution is 2.31. The fourth-order valence-electron chi connectivity index (χ4n) is 3.77. The summed E-state index contributed by atoms with van der Waals surface area (Å²) >= 11 is 5.87. The molecule has 1 aromatic heterocycles. The lowest BCUT2D eigenvalue weighted by Gasteiger charge is -2.23. The lowest BCUT2D eigenvalue weighted by Crippen LogP contribution is -2.23. The van der Waals surface area contributed by atoms with Crippen molar-refractivity contribution in [1.82, 2.24) is 4.57 Å². The Morgan fingerprint density at radius 2 is 2.06 bits per heavy atom. The minimum absolute atomic E-state index is 0.00822. The van der Waals surface area contributed by atoms with Crippen molar-refractivity contribution in [2.75, 3.05) is 13.7 Å². The number of hydrogen-bond donors (Lipinski definition) is 2. The summed E-state index contributed by atoms with van der Waals surface area (Å²) in [6, 6.07) is 7.46. The van der Waals surface area contributed by atoms with Gasteiger partial charge in [-0.05, 0) is 35.7 Å². The summed E-state index contributed by atoms with van der Waals surface area (Å²) in [5.74, 6) is -1.58. The third-order valence-electron chi connectivity index (χ3n) is 5.25. The predicted molar refractivity (Wildman–Crippen MR) is 117 cm³/mol. The molecule has 0 amide bonds. The molecule has 3 rings (SSSR count). The number of aliphatic hydroxyl groups is 1. The minimum Gasteiger partial charge on any atom is -0.495 e. The average molecular weight is 448 g/mol. The van der Waals surface area contributed by atoms with Crippen LogP contribution in [0, 0.1) is 5.82 Å². The molecule has 164 valence electrons. The summed E-state index contributed by atoms with van der Waals surface area (Å²) in [5.41, 5.74) is 0.213. The number of aliphatic hydroxyl groups excluding tert-OH is 1. The third kappa shape index (κ3) is 4.43. The first-order valence-electron chi connectivity index (χ1n) is 9.85. The third-order valence-corrected chi connectivity index (χ3v) is 5.54. The van der Waals surface area contributed by atoms with E-state index in [0.717, 1.165) is 6.42 Å². The number of carbonyl (C=O) groups is 1. The molecule has 1 atom stereocenters. The zero-order chi connectivity index (χ0) is 22.7. The van der Waals surface area contributed by atoms with Gasteiger partial charge in [-0.1, -0.05) is 37.1 Å². The van der Waals surface area contributed by atoms with Gasteiger partial charge in [0, 0.05) is 12.6 Å². The Morgan fingerprint density at radius 1 is 1.32 bits per heavy atom. The molecular weight excluding hydrogens is 425 g/mol. The highest BCUT2D eigenvalue weighted by atomic mass is 35.5. The molecule has 0 saturated carbocycles. The molecule has 8 heteroatoms. The number of nitrogens with zero attached hydrogens (tertiary/aromatic N) is 1.